The number of benzene rings is 1. The highest BCUT2D eigenvalue weighted by Crippen LogP contribution is 2.33. The molecule has 1 aromatic heterocycles. The highest BCUT2D eigenvalue weighted by molar-refractivity contribution is 7.17. The number of morpholine rings is 1. The fourth-order valence-corrected chi connectivity index (χ4v) is 3.72. The molecule has 0 unspecified atom stereocenters. The van der Waals surface area contributed by atoms with Gasteiger partial charge in [0.1, 0.15) is 22.2 Å². The van der Waals surface area contributed by atoms with E-state index in [1.807, 2.05) is 6.07 Å². The van der Waals surface area contributed by atoms with E-state index in [0.717, 1.165) is 49.7 Å². The van der Waals surface area contributed by atoms with Gasteiger partial charge in [-0.05, 0) is 25.1 Å². The summed E-state index contributed by atoms with van der Waals surface area (Å²) in [6.07, 6.45) is 0. The zero-order chi connectivity index (χ0) is 17.8. The average molecular weight is 383 g/mol. The Hall–Kier alpha value is -1.67. The average Bonchev–Trinajstić information content (AvgIpc) is 2.99. The lowest BCUT2D eigenvalue weighted by Crippen LogP contribution is -2.38. The third kappa shape index (κ3) is 4.49. The molecule has 0 atom stereocenters. The Morgan fingerprint density at radius 2 is 2.20 bits per heavy atom. The van der Waals surface area contributed by atoms with Crippen LogP contribution in [0.5, 0.6) is 5.75 Å². The van der Waals surface area contributed by atoms with Crippen molar-refractivity contribution in [3.05, 3.63) is 33.8 Å². The standard InChI is InChI=1S/C17H19ClN2O4S/c1-11-15(17(21)22)25-16(19-11)12-2-3-14(13(18)10-12)24-9-6-20-4-7-23-8-5-20/h2-3,10H,4-9H2,1H3,(H,21,22). The first kappa shape index (κ1) is 18.1. The minimum absolute atomic E-state index is 0.247. The van der Waals surface area contributed by atoms with E-state index in [-0.39, 0.29) is 4.88 Å². The van der Waals surface area contributed by atoms with Crippen LogP contribution in [0.2, 0.25) is 5.02 Å². The highest BCUT2D eigenvalue weighted by atomic mass is 35.5. The molecule has 2 aromatic rings. The number of aromatic carboxylic acids is 1. The summed E-state index contributed by atoms with van der Waals surface area (Å²) < 4.78 is 11.1. The molecule has 134 valence electrons. The van der Waals surface area contributed by atoms with Gasteiger partial charge in [-0.1, -0.05) is 11.6 Å². The Morgan fingerprint density at radius 3 is 2.84 bits per heavy atom. The number of hydrogen-bond donors (Lipinski definition) is 1. The lowest BCUT2D eigenvalue weighted by atomic mass is 10.2. The van der Waals surface area contributed by atoms with Gasteiger partial charge in [0.05, 0.1) is 23.9 Å². The summed E-state index contributed by atoms with van der Waals surface area (Å²) in [6.45, 7) is 6.44. The number of carbonyl (C=O) groups is 1. The van der Waals surface area contributed by atoms with Gasteiger partial charge in [-0.25, -0.2) is 9.78 Å². The monoisotopic (exact) mass is 382 g/mol. The number of aryl methyl sites for hydroxylation is 1. The lowest BCUT2D eigenvalue weighted by molar-refractivity contribution is 0.0322. The molecule has 25 heavy (non-hydrogen) atoms. The van der Waals surface area contributed by atoms with Crippen LogP contribution in [0, 0.1) is 6.92 Å². The van der Waals surface area contributed by atoms with Crippen LogP contribution >= 0.6 is 22.9 Å². The number of nitrogens with zero attached hydrogens (tertiary/aromatic N) is 2. The van der Waals surface area contributed by atoms with Crippen LogP contribution < -0.4 is 4.74 Å². The molecule has 0 spiro atoms. The van der Waals surface area contributed by atoms with Crippen molar-refractivity contribution in [2.75, 3.05) is 39.5 Å². The van der Waals surface area contributed by atoms with Crippen molar-refractivity contribution in [2.45, 2.75) is 6.92 Å². The summed E-state index contributed by atoms with van der Waals surface area (Å²) in [5, 5.41) is 10.3. The fraction of sp³-hybridized carbons (Fsp3) is 0.412. The van der Waals surface area contributed by atoms with E-state index in [2.05, 4.69) is 9.88 Å². The summed E-state index contributed by atoms with van der Waals surface area (Å²) >= 11 is 7.46. The Kier molecular flexibility index (Phi) is 5.90. The molecule has 0 amide bonds. The van der Waals surface area contributed by atoms with Crippen molar-refractivity contribution in [3.8, 4) is 16.3 Å². The maximum atomic E-state index is 11.1. The summed E-state index contributed by atoms with van der Waals surface area (Å²) in [4.78, 5) is 18.0. The fourth-order valence-electron chi connectivity index (χ4n) is 2.58. The minimum Gasteiger partial charge on any atom is -0.491 e. The van der Waals surface area contributed by atoms with Gasteiger partial charge in [-0.2, -0.15) is 0 Å². The van der Waals surface area contributed by atoms with Crippen molar-refractivity contribution in [3.63, 3.8) is 0 Å². The van der Waals surface area contributed by atoms with Crippen LogP contribution in [0.25, 0.3) is 10.6 Å². The zero-order valence-corrected chi connectivity index (χ0v) is 15.4. The van der Waals surface area contributed by atoms with Crippen LogP contribution in [0.1, 0.15) is 15.4 Å². The van der Waals surface area contributed by atoms with E-state index in [1.54, 1.807) is 19.1 Å². The van der Waals surface area contributed by atoms with Gasteiger partial charge in [0.15, 0.2) is 0 Å². The van der Waals surface area contributed by atoms with Crippen LogP contribution in [-0.2, 0) is 4.74 Å². The first-order valence-corrected chi connectivity index (χ1v) is 9.17. The molecule has 1 fully saturated rings. The molecule has 1 aliphatic heterocycles. The second-order valence-electron chi connectivity index (χ2n) is 5.69. The molecule has 3 rings (SSSR count). The molecular weight excluding hydrogens is 364 g/mol. The third-order valence-electron chi connectivity index (χ3n) is 3.94. The topological polar surface area (TPSA) is 71.9 Å². The number of carboxylic acid groups (broad SMARTS) is 1. The van der Waals surface area contributed by atoms with Crippen LogP contribution in [-0.4, -0.2) is 60.4 Å². The van der Waals surface area contributed by atoms with Gasteiger partial charge in [0.25, 0.3) is 0 Å². The predicted octanol–water partition coefficient (Wildman–Crippen LogP) is 3.18. The van der Waals surface area contributed by atoms with Gasteiger partial charge < -0.3 is 14.6 Å². The number of aromatic nitrogens is 1. The molecule has 1 N–H and O–H groups in total. The summed E-state index contributed by atoms with van der Waals surface area (Å²) in [7, 11) is 0. The summed E-state index contributed by atoms with van der Waals surface area (Å²) in [5.41, 5.74) is 1.29. The van der Waals surface area contributed by atoms with Gasteiger partial charge in [-0.3, -0.25) is 4.90 Å². The van der Waals surface area contributed by atoms with E-state index in [9.17, 15) is 4.79 Å². The smallest absolute Gasteiger partial charge is 0.347 e. The van der Waals surface area contributed by atoms with Crippen LogP contribution in [0.4, 0.5) is 0 Å². The molecule has 0 saturated carbocycles. The highest BCUT2D eigenvalue weighted by Gasteiger charge is 2.16. The Balaban J connectivity index is 1.64. The Morgan fingerprint density at radius 1 is 1.44 bits per heavy atom. The number of carboxylic acids is 1. The molecule has 1 saturated heterocycles. The van der Waals surface area contributed by atoms with Gasteiger partial charge >= 0.3 is 5.97 Å². The number of rotatable bonds is 6. The summed E-state index contributed by atoms with van der Waals surface area (Å²) in [6, 6.07) is 5.41. The third-order valence-corrected chi connectivity index (χ3v) is 5.43. The molecule has 1 aromatic carbocycles. The second-order valence-corrected chi connectivity index (χ2v) is 7.09. The second kappa shape index (κ2) is 8.14. The quantitative estimate of drug-likeness (QED) is 0.827. The number of thiazole rings is 1. The first-order chi connectivity index (χ1) is 12.0. The molecule has 8 heteroatoms. The predicted molar refractivity (Wildman–Crippen MR) is 97.0 cm³/mol. The van der Waals surface area contributed by atoms with E-state index in [1.165, 1.54) is 0 Å². The van der Waals surface area contributed by atoms with E-state index in [4.69, 9.17) is 26.2 Å². The van der Waals surface area contributed by atoms with Gasteiger partial charge in [-0.15, -0.1) is 11.3 Å². The van der Waals surface area contributed by atoms with Crippen LogP contribution in [0.15, 0.2) is 18.2 Å². The normalized spacial score (nSPS) is 15.3. The number of ether oxygens (including phenoxy) is 2. The molecule has 2 heterocycles. The van der Waals surface area contributed by atoms with Crippen molar-refractivity contribution >= 4 is 28.9 Å². The Bertz CT molecular complexity index is 759. The summed E-state index contributed by atoms with van der Waals surface area (Å²) in [5.74, 6) is -0.346. The van der Waals surface area contributed by atoms with Crippen molar-refractivity contribution in [1.29, 1.82) is 0 Å². The maximum Gasteiger partial charge on any atom is 0.347 e. The van der Waals surface area contributed by atoms with Crippen molar-refractivity contribution in [2.24, 2.45) is 0 Å². The molecule has 6 nitrogen and oxygen atoms in total. The molecule has 0 aliphatic carbocycles. The Labute approximate surface area is 155 Å². The number of hydrogen-bond acceptors (Lipinski definition) is 6. The lowest BCUT2D eigenvalue weighted by Gasteiger charge is -2.26. The van der Waals surface area contributed by atoms with Crippen molar-refractivity contribution < 1.29 is 19.4 Å². The van der Waals surface area contributed by atoms with Crippen LogP contribution in [0.3, 0.4) is 0 Å². The minimum atomic E-state index is -0.963. The SMILES string of the molecule is Cc1nc(-c2ccc(OCCN3CCOCC3)c(Cl)c2)sc1C(=O)O. The zero-order valence-electron chi connectivity index (χ0n) is 13.8. The van der Waals surface area contributed by atoms with Crippen molar-refractivity contribution in [1.82, 2.24) is 9.88 Å². The first-order valence-electron chi connectivity index (χ1n) is 7.98. The largest absolute Gasteiger partial charge is 0.491 e. The maximum absolute atomic E-state index is 11.1. The molecule has 0 radical (unpaired) electrons. The van der Waals surface area contributed by atoms with E-state index in [0.29, 0.717) is 28.1 Å². The van der Waals surface area contributed by atoms with E-state index >= 15 is 0 Å². The van der Waals surface area contributed by atoms with Gasteiger partial charge in [0, 0.05) is 25.2 Å². The van der Waals surface area contributed by atoms with Gasteiger partial charge in [0.2, 0.25) is 0 Å². The number of halogens is 1. The van der Waals surface area contributed by atoms with E-state index < -0.39 is 5.97 Å². The molecule has 1 aliphatic rings. The molecule has 0 bridgehead atoms. The molecular formula is C17H19ClN2O4S.